The molecule has 0 N–H and O–H groups in total. The van der Waals surface area contributed by atoms with Gasteiger partial charge in [-0.15, -0.1) is 0 Å². The van der Waals surface area contributed by atoms with Crippen LogP contribution in [0.15, 0.2) is 18.2 Å². The standard InChI is InChI=1S/C15H19ClN2O/c1-10-4-2-3-5-12(10)9-19-14-8-13(16)17-15(18-14)11-6-7-11/h2-3,8,10-12H,4-7,9H2,1H3. The fraction of sp³-hybridized carbons (Fsp3) is 0.600. The molecule has 0 aliphatic heterocycles. The van der Waals surface area contributed by atoms with E-state index in [9.17, 15) is 0 Å². The first-order valence-electron chi connectivity index (χ1n) is 7.04. The molecule has 0 bridgehead atoms. The predicted molar refractivity (Wildman–Crippen MR) is 75.5 cm³/mol. The highest BCUT2D eigenvalue weighted by Crippen LogP contribution is 2.39. The summed E-state index contributed by atoms with van der Waals surface area (Å²) in [5.74, 6) is 3.22. The number of nitrogens with zero attached hydrogens (tertiary/aromatic N) is 2. The average molecular weight is 279 g/mol. The Labute approximate surface area is 119 Å². The number of ether oxygens (including phenoxy) is 1. The van der Waals surface area contributed by atoms with Crippen molar-refractivity contribution in [2.75, 3.05) is 6.61 Å². The topological polar surface area (TPSA) is 35.0 Å². The molecule has 1 saturated carbocycles. The van der Waals surface area contributed by atoms with Crippen LogP contribution in [0.2, 0.25) is 5.15 Å². The molecule has 2 aliphatic carbocycles. The molecule has 19 heavy (non-hydrogen) atoms. The fourth-order valence-electron chi connectivity index (χ4n) is 2.44. The van der Waals surface area contributed by atoms with E-state index in [1.165, 1.54) is 12.8 Å². The average Bonchev–Trinajstić information content (AvgIpc) is 3.21. The Hall–Kier alpha value is -1.09. The molecule has 1 aromatic heterocycles. The number of hydrogen-bond donors (Lipinski definition) is 0. The van der Waals surface area contributed by atoms with Gasteiger partial charge in [-0.05, 0) is 37.5 Å². The highest BCUT2D eigenvalue weighted by molar-refractivity contribution is 6.29. The molecule has 4 heteroatoms. The van der Waals surface area contributed by atoms with Crippen LogP contribution in [0.5, 0.6) is 5.88 Å². The quantitative estimate of drug-likeness (QED) is 0.617. The van der Waals surface area contributed by atoms with Crippen LogP contribution in [0.3, 0.4) is 0 Å². The highest BCUT2D eigenvalue weighted by atomic mass is 35.5. The largest absolute Gasteiger partial charge is 0.477 e. The van der Waals surface area contributed by atoms with Gasteiger partial charge in [0.15, 0.2) is 0 Å². The van der Waals surface area contributed by atoms with Crippen molar-refractivity contribution in [2.24, 2.45) is 11.8 Å². The van der Waals surface area contributed by atoms with Crippen molar-refractivity contribution in [3.05, 3.63) is 29.2 Å². The number of hydrogen-bond acceptors (Lipinski definition) is 3. The van der Waals surface area contributed by atoms with E-state index in [0.717, 1.165) is 18.7 Å². The van der Waals surface area contributed by atoms with Crippen molar-refractivity contribution in [2.45, 2.75) is 38.5 Å². The predicted octanol–water partition coefficient (Wildman–Crippen LogP) is 3.99. The van der Waals surface area contributed by atoms with Gasteiger partial charge in [0.1, 0.15) is 11.0 Å². The van der Waals surface area contributed by atoms with Gasteiger partial charge in [0.05, 0.1) is 6.61 Å². The van der Waals surface area contributed by atoms with Crippen LogP contribution in [0.4, 0.5) is 0 Å². The zero-order chi connectivity index (χ0) is 13.2. The van der Waals surface area contributed by atoms with Gasteiger partial charge < -0.3 is 4.74 Å². The van der Waals surface area contributed by atoms with Crippen molar-refractivity contribution < 1.29 is 4.74 Å². The van der Waals surface area contributed by atoms with E-state index in [4.69, 9.17) is 16.3 Å². The molecule has 1 aromatic rings. The van der Waals surface area contributed by atoms with Crippen molar-refractivity contribution >= 4 is 11.6 Å². The van der Waals surface area contributed by atoms with E-state index in [1.54, 1.807) is 6.07 Å². The molecule has 0 saturated heterocycles. The van der Waals surface area contributed by atoms with Crippen molar-refractivity contribution in [1.29, 1.82) is 0 Å². The smallest absolute Gasteiger partial charge is 0.218 e. The molecule has 1 heterocycles. The second kappa shape index (κ2) is 5.49. The molecule has 0 amide bonds. The van der Waals surface area contributed by atoms with Gasteiger partial charge in [-0.25, -0.2) is 4.98 Å². The molecule has 0 radical (unpaired) electrons. The fourth-order valence-corrected chi connectivity index (χ4v) is 2.62. The van der Waals surface area contributed by atoms with Gasteiger partial charge in [-0.2, -0.15) is 4.98 Å². The normalized spacial score (nSPS) is 26.4. The Morgan fingerprint density at radius 2 is 2.05 bits per heavy atom. The molecular formula is C15H19ClN2O. The van der Waals surface area contributed by atoms with E-state index in [2.05, 4.69) is 29.0 Å². The zero-order valence-corrected chi connectivity index (χ0v) is 11.9. The van der Waals surface area contributed by atoms with E-state index >= 15 is 0 Å². The van der Waals surface area contributed by atoms with E-state index < -0.39 is 0 Å². The molecule has 0 aromatic carbocycles. The Bertz CT molecular complexity index is 485. The minimum atomic E-state index is 0.489. The lowest BCUT2D eigenvalue weighted by Gasteiger charge is -2.24. The monoisotopic (exact) mass is 278 g/mol. The SMILES string of the molecule is CC1CC=CCC1COc1cc(Cl)nc(C2CC2)n1. The molecule has 1 fully saturated rings. The molecule has 3 rings (SSSR count). The molecule has 3 nitrogen and oxygen atoms in total. The summed E-state index contributed by atoms with van der Waals surface area (Å²) < 4.78 is 5.85. The van der Waals surface area contributed by atoms with Crippen LogP contribution in [-0.4, -0.2) is 16.6 Å². The maximum atomic E-state index is 6.03. The Kier molecular flexibility index (Phi) is 3.74. The lowest BCUT2D eigenvalue weighted by molar-refractivity contribution is 0.192. The molecule has 2 aliphatic rings. The minimum Gasteiger partial charge on any atom is -0.477 e. The molecule has 0 spiro atoms. The van der Waals surface area contributed by atoms with Crippen LogP contribution < -0.4 is 4.74 Å². The van der Waals surface area contributed by atoms with Gasteiger partial charge in [0.25, 0.3) is 0 Å². The van der Waals surface area contributed by atoms with Gasteiger partial charge in [0.2, 0.25) is 5.88 Å². The lowest BCUT2D eigenvalue weighted by Crippen LogP contribution is -2.21. The first-order chi connectivity index (χ1) is 9.22. The summed E-state index contributed by atoms with van der Waals surface area (Å²) in [6, 6.07) is 1.72. The van der Waals surface area contributed by atoms with Gasteiger partial charge >= 0.3 is 0 Å². The van der Waals surface area contributed by atoms with Crippen LogP contribution in [0.1, 0.15) is 44.3 Å². The van der Waals surface area contributed by atoms with Crippen LogP contribution in [0, 0.1) is 11.8 Å². The number of rotatable bonds is 4. The third-order valence-electron chi connectivity index (χ3n) is 3.99. The Morgan fingerprint density at radius 3 is 2.79 bits per heavy atom. The second-order valence-electron chi connectivity index (χ2n) is 5.65. The third kappa shape index (κ3) is 3.27. The van der Waals surface area contributed by atoms with E-state index in [-0.39, 0.29) is 0 Å². The summed E-state index contributed by atoms with van der Waals surface area (Å²) in [5.41, 5.74) is 0. The van der Waals surface area contributed by atoms with Crippen molar-refractivity contribution in [1.82, 2.24) is 9.97 Å². The minimum absolute atomic E-state index is 0.489. The number of allylic oxidation sites excluding steroid dienone is 2. The van der Waals surface area contributed by atoms with Gasteiger partial charge in [-0.1, -0.05) is 30.7 Å². The van der Waals surface area contributed by atoms with Gasteiger partial charge in [-0.3, -0.25) is 0 Å². The maximum absolute atomic E-state index is 6.03. The van der Waals surface area contributed by atoms with Crippen LogP contribution in [-0.2, 0) is 0 Å². The summed E-state index contributed by atoms with van der Waals surface area (Å²) in [7, 11) is 0. The van der Waals surface area contributed by atoms with E-state index in [1.807, 2.05) is 0 Å². The molecule has 2 unspecified atom stereocenters. The first kappa shape index (κ1) is 12.9. The molecule has 102 valence electrons. The maximum Gasteiger partial charge on any atom is 0.218 e. The summed E-state index contributed by atoms with van der Waals surface area (Å²) in [6.45, 7) is 2.99. The molecular weight excluding hydrogens is 260 g/mol. The highest BCUT2D eigenvalue weighted by Gasteiger charge is 2.27. The lowest BCUT2D eigenvalue weighted by atomic mass is 9.85. The summed E-state index contributed by atoms with van der Waals surface area (Å²) in [6.07, 6.45) is 9.08. The van der Waals surface area contributed by atoms with Crippen molar-refractivity contribution in [3.63, 3.8) is 0 Å². The second-order valence-corrected chi connectivity index (χ2v) is 6.04. The Balaban J connectivity index is 1.64. The zero-order valence-electron chi connectivity index (χ0n) is 11.2. The Morgan fingerprint density at radius 1 is 1.26 bits per heavy atom. The summed E-state index contributed by atoms with van der Waals surface area (Å²) >= 11 is 6.03. The summed E-state index contributed by atoms with van der Waals surface area (Å²) in [5, 5.41) is 0.489. The van der Waals surface area contributed by atoms with E-state index in [0.29, 0.717) is 35.4 Å². The third-order valence-corrected chi connectivity index (χ3v) is 4.19. The van der Waals surface area contributed by atoms with Gasteiger partial charge in [0, 0.05) is 12.0 Å². The van der Waals surface area contributed by atoms with Crippen LogP contribution >= 0.6 is 11.6 Å². The van der Waals surface area contributed by atoms with Crippen molar-refractivity contribution in [3.8, 4) is 5.88 Å². The number of aromatic nitrogens is 2. The first-order valence-corrected chi connectivity index (χ1v) is 7.42. The molecule has 2 atom stereocenters. The van der Waals surface area contributed by atoms with Crippen LogP contribution in [0.25, 0.3) is 0 Å². The number of halogens is 1. The summed E-state index contributed by atoms with van der Waals surface area (Å²) in [4.78, 5) is 8.74.